The Morgan fingerprint density at radius 2 is 1.79 bits per heavy atom. The summed E-state index contributed by atoms with van der Waals surface area (Å²) in [4.78, 5) is 25.7. The Kier molecular flexibility index (Phi) is 8.70. The van der Waals surface area contributed by atoms with Gasteiger partial charge < -0.3 is 35.1 Å². The second-order valence-corrected chi connectivity index (χ2v) is 9.10. The molecular weight excluding hydrogens is 488 g/mol. The molecule has 4 rings (SSSR count). The molecule has 1 heterocycles. The molecule has 0 saturated carbocycles. The van der Waals surface area contributed by atoms with E-state index in [0.29, 0.717) is 37.4 Å². The Bertz CT molecular complexity index is 1290. The van der Waals surface area contributed by atoms with Crippen LogP contribution in [0.4, 0.5) is 0 Å². The smallest absolute Gasteiger partial charge is 0.251 e. The van der Waals surface area contributed by atoms with E-state index in [1.54, 1.807) is 13.8 Å². The molecule has 1 saturated heterocycles. The first-order valence-electron chi connectivity index (χ1n) is 12.5. The molecule has 38 heavy (non-hydrogen) atoms. The zero-order chi connectivity index (χ0) is 27.1. The summed E-state index contributed by atoms with van der Waals surface area (Å²) in [5.41, 5.74) is 1.97. The van der Waals surface area contributed by atoms with Crippen LogP contribution in [-0.4, -0.2) is 48.4 Å². The van der Waals surface area contributed by atoms with Crippen molar-refractivity contribution in [2.24, 2.45) is 5.92 Å². The van der Waals surface area contributed by atoms with Crippen LogP contribution < -0.4 is 20.1 Å². The molecule has 1 unspecified atom stereocenters. The van der Waals surface area contributed by atoms with E-state index in [9.17, 15) is 19.8 Å². The Morgan fingerprint density at radius 3 is 2.50 bits per heavy atom. The predicted molar refractivity (Wildman–Crippen MR) is 141 cm³/mol. The van der Waals surface area contributed by atoms with E-state index in [-0.39, 0.29) is 52.7 Å². The maximum Gasteiger partial charge on any atom is 0.251 e. The van der Waals surface area contributed by atoms with Gasteiger partial charge in [-0.25, -0.2) is 0 Å². The highest BCUT2D eigenvalue weighted by molar-refractivity contribution is 5.97. The number of aromatic hydroxyl groups is 2. The highest BCUT2D eigenvalue weighted by atomic mass is 16.5. The fourth-order valence-corrected chi connectivity index (χ4v) is 4.16. The van der Waals surface area contributed by atoms with Gasteiger partial charge in [0.2, 0.25) is 5.75 Å². The van der Waals surface area contributed by atoms with Crippen LogP contribution in [0.25, 0.3) is 0 Å². The van der Waals surface area contributed by atoms with Crippen LogP contribution >= 0.6 is 0 Å². The summed E-state index contributed by atoms with van der Waals surface area (Å²) >= 11 is 0. The third-order valence-electron chi connectivity index (χ3n) is 6.23. The Morgan fingerprint density at radius 1 is 1.00 bits per heavy atom. The number of nitrogens with one attached hydrogen (secondary N) is 2. The van der Waals surface area contributed by atoms with E-state index < -0.39 is 5.91 Å². The third-order valence-corrected chi connectivity index (χ3v) is 6.23. The van der Waals surface area contributed by atoms with Gasteiger partial charge >= 0.3 is 0 Å². The van der Waals surface area contributed by atoms with Gasteiger partial charge in [0.25, 0.3) is 11.8 Å². The summed E-state index contributed by atoms with van der Waals surface area (Å²) in [6.45, 7) is 5.73. The second-order valence-electron chi connectivity index (χ2n) is 9.10. The van der Waals surface area contributed by atoms with E-state index in [4.69, 9.17) is 14.2 Å². The van der Waals surface area contributed by atoms with Crippen molar-refractivity contribution in [1.29, 1.82) is 0 Å². The normalized spacial score (nSPS) is 14.6. The molecule has 0 bridgehead atoms. The van der Waals surface area contributed by atoms with Crippen LogP contribution in [-0.2, 0) is 11.3 Å². The molecule has 0 radical (unpaired) electrons. The first-order chi connectivity index (χ1) is 18.4. The lowest BCUT2D eigenvalue weighted by molar-refractivity contribution is 0.0938. The summed E-state index contributed by atoms with van der Waals surface area (Å²) < 4.78 is 16.8. The lowest BCUT2D eigenvalue weighted by Crippen LogP contribution is -2.29. The number of phenols is 2. The number of hydrogen-bond acceptors (Lipinski definition) is 7. The standard InChI is InChI=1S/C29H32N2O7/c1-3-37-27-24(33)12-21(28(34)30-16-20-9-10-36-17-20)13-26(27)38-25-14-22(18(2)11-23(25)32)29(35)31-15-19-7-5-4-6-8-19/h4-8,11-14,20,32-33H,3,9-10,15-17H2,1-2H3,(H,30,34)(H,31,35). The highest BCUT2D eigenvalue weighted by Crippen LogP contribution is 2.43. The van der Waals surface area contributed by atoms with Crippen molar-refractivity contribution >= 4 is 11.8 Å². The van der Waals surface area contributed by atoms with Gasteiger partial charge in [0.1, 0.15) is 0 Å². The maximum absolute atomic E-state index is 12.9. The molecule has 0 aromatic heterocycles. The Labute approximate surface area is 221 Å². The SMILES string of the molecule is CCOc1c(O)cc(C(=O)NCC2CCOC2)cc1Oc1cc(C(=O)NCc2ccccc2)c(C)cc1O. The monoisotopic (exact) mass is 520 g/mol. The van der Waals surface area contributed by atoms with Crippen LogP contribution in [0.1, 0.15) is 45.2 Å². The van der Waals surface area contributed by atoms with Crippen LogP contribution in [0.15, 0.2) is 54.6 Å². The van der Waals surface area contributed by atoms with Gasteiger partial charge in [0.05, 0.1) is 13.2 Å². The van der Waals surface area contributed by atoms with Crippen molar-refractivity contribution < 1.29 is 34.0 Å². The molecule has 3 aromatic carbocycles. The van der Waals surface area contributed by atoms with Gasteiger partial charge in [-0.05, 0) is 55.7 Å². The molecule has 200 valence electrons. The minimum absolute atomic E-state index is 0.0169. The maximum atomic E-state index is 12.9. The van der Waals surface area contributed by atoms with E-state index in [1.807, 2.05) is 30.3 Å². The van der Waals surface area contributed by atoms with E-state index in [0.717, 1.165) is 12.0 Å². The molecule has 2 amide bonds. The number of carbonyl (C=O) groups excluding carboxylic acids is 2. The Balaban J connectivity index is 1.57. The van der Waals surface area contributed by atoms with Crippen LogP contribution in [0, 0.1) is 12.8 Å². The molecule has 9 heteroatoms. The summed E-state index contributed by atoms with van der Waals surface area (Å²) in [5.74, 6) is -0.976. The fourth-order valence-electron chi connectivity index (χ4n) is 4.16. The first kappa shape index (κ1) is 26.8. The minimum atomic E-state index is -0.394. The number of aryl methyl sites for hydroxylation is 1. The van der Waals surface area contributed by atoms with Crippen LogP contribution in [0.2, 0.25) is 0 Å². The number of carbonyl (C=O) groups is 2. The van der Waals surface area contributed by atoms with Gasteiger partial charge in [0, 0.05) is 36.7 Å². The minimum Gasteiger partial charge on any atom is -0.504 e. The predicted octanol–water partition coefficient (Wildman–Crippen LogP) is 4.29. The molecule has 3 aromatic rings. The second kappa shape index (κ2) is 12.3. The number of ether oxygens (including phenoxy) is 3. The zero-order valence-electron chi connectivity index (χ0n) is 21.5. The summed E-state index contributed by atoms with van der Waals surface area (Å²) in [6.07, 6.45) is 0.872. The molecule has 1 fully saturated rings. The summed E-state index contributed by atoms with van der Waals surface area (Å²) in [7, 11) is 0. The van der Waals surface area contributed by atoms with Gasteiger partial charge in [0.15, 0.2) is 23.0 Å². The van der Waals surface area contributed by atoms with Crippen LogP contribution in [0.3, 0.4) is 0 Å². The molecule has 0 aliphatic carbocycles. The topological polar surface area (TPSA) is 126 Å². The number of rotatable bonds is 10. The lowest BCUT2D eigenvalue weighted by atomic mass is 10.1. The van der Waals surface area contributed by atoms with Gasteiger partial charge in [-0.2, -0.15) is 0 Å². The quantitative estimate of drug-likeness (QED) is 0.314. The molecule has 9 nitrogen and oxygen atoms in total. The van der Waals surface area contributed by atoms with Gasteiger partial charge in [-0.1, -0.05) is 30.3 Å². The van der Waals surface area contributed by atoms with E-state index in [1.165, 1.54) is 24.3 Å². The van der Waals surface area contributed by atoms with Crippen molar-refractivity contribution in [3.63, 3.8) is 0 Å². The fraction of sp³-hybridized carbons (Fsp3) is 0.310. The lowest BCUT2D eigenvalue weighted by Gasteiger charge is -2.17. The van der Waals surface area contributed by atoms with Crippen molar-refractivity contribution in [3.8, 4) is 28.7 Å². The van der Waals surface area contributed by atoms with Crippen molar-refractivity contribution in [3.05, 3.63) is 76.9 Å². The Hall–Kier alpha value is -4.24. The molecular formula is C29H32N2O7. The number of amides is 2. The van der Waals surface area contributed by atoms with Crippen molar-refractivity contribution in [1.82, 2.24) is 10.6 Å². The zero-order valence-corrected chi connectivity index (χ0v) is 21.5. The third kappa shape index (κ3) is 6.54. The summed E-state index contributed by atoms with van der Waals surface area (Å²) in [6, 6.07) is 15.1. The average molecular weight is 521 g/mol. The van der Waals surface area contributed by atoms with Crippen molar-refractivity contribution in [2.75, 3.05) is 26.4 Å². The summed E-state index contributed by atoms with van der Waals surface area (Å²) in [5, 5.41) is 26.9. The van der Waals surface area contributed by atoms with Gasteiger partial charge in [-0.15, -0.1) is 0 Å². The van der Waals surface area contributed by atoms with Crippen LogP contribution in [0.5, 0.6) is 28.7 Å². The number of benzene rings is 3. The molecule has 1 aliphatic rings. The molecule has 4 N–H and O–H groups in total. The van der Waals surface area contributed by atoms with E-state index >= 15 is 0 Å². The number of hydrogen-bond donors (Lipinski definition) is 4. The number of phenolic OH excluding ortho intramolecular Hbond substituents is 2. The van der Waals surface area contributed by atoms with Gasteiger partial charge in [-0.3, -0.25) is 9.59 Å². The largest absolute Gasteiger partial charge is 0.504 e. The first-order valence-corrected chi connectivity index (χ1v) is 12.5. The molecule has 1 aliphatic heterocycles. The highest BCUT2D eigenvalue weighted by Gasteiger charge is 2.22. The van der Waals surface area contributed by atoms with Crippen molar-refractivity contribution in [2.45, 2.75) is 26.8 Å². The van der Waals surface area contributed by atoms with E-state index in [2.05, 4.69) is 10.6 Å². The average Bonchev–Trinajstić information content (AvgIpc) is 3.43. The molecule has 1 atom stereocenters. The molecule has 0 spiro atoms.